The third kappa shape index (κ3) is 1.49. The second-order valence-electron chi connectivity index (χ2n) is 4.45. The van der Waals surface area contributed by atoms with Gasteiger partial charge in [0.05, 0.1) is 0 Å². The Morgan fingerprint density at radius 2 is 2.43 bits per heavy atom. The first-order valence-electron chi connectivity index (χ1n) is 5.22. The van der Waals surface area contributed by atoms with Crippen LogP contribution in [0.2, 0.25) is 0 Å². The number of carboxylic acid groups (broad SMARTS) is 1. The molecule has 2 aliphatic carbocycles. The molecule has 1 atom stereocenters. The highest BCUT2D eigenvalue weighted by atomic mass is 16.4. The molecule has 2 aliphatic rings. The maximum absolute atomic E-state index is 10.3. The second kappa shape index (κ2) is 3.26. The van der Waals surface area contributed by atoms with Crippen LogP contribution in [0.25, 0.3) is 0 Å². The number of aliphatic carboxylic acids is 1. The number of carboxylic acids is 1. The van der Waals surface area contributed by atoms with Crippen molar-refractivity contribution in [2.75, 3.05) is 0 Å². The van der Waals surface area contributed by atoms with Crippen LogP contribution in [0.4, 0.5) is 0 Å². The average molecular weight is 192 g/mol. The van der Waals surface area contributed by atoms with Crippen LogP contribution in [0, 0.1) is 11.3 Å². The molecule has 0 amide bonds. The maximum Gasteiger partial charge on any atom is 0.327 e. The lowest BCUT2D eigenvalue weighted by atomic mass is 9.86. The van der Waals surface area contributed by atoms with Gasteiger partial charge in [0.25, 0.3) is 0 Å². The predicted molar refractivity (Wildman–Crippen MR) is 54.9 cm³/mol. The Bertz CT molecular complexity index is 308. The smallest absolute Gasteiger partial charge is 0.327 e. The van der Waals surface area contributed by atoms with Crippen LogP contribution in [0.3, 0.4) is 0 Å². The van der Waals surface area contributed by atoms with E-state index in [4.69, 9.17) is 5.11 Å². The number of carbonyl (C=O) groups is 1. The van der Waals surface area contributed by atoms with Crippen LogP contribution < -0.4 is 0 Å². The van der Waals surface area contributed by atoms with E-state index in [1.807, 2.05) is 0 Å². The molecule has 1 N–H and O–H groups in total. The van der Waals surface area contributed by atoms with Crippen molar-refractivity contribution in [3.05, 3.63) is 23.8 Å². The van der Waals surface area contributed by atoms with Crippen LogP contribution in [-0.2, 0) is 4.79 Å². The summed E-state index contributed by atoms with van der Waals surface area (Å²) in [6.45, 7) is 2.22. The Balaban J connectivity index is 1.93. The highest BCUT2D eigenvalue weighted by Gasteiger charge is 2.51. The molecule has 0 aromatic heterocycles. The van der Waals surface area contributed by atoms with E-state index in [1.54, 1.807) is 6.08 Å². The summed E-state index contributed by atoms with van der Waals surface area (Å²) in [5.41, 5.74) is 2.01. The van der Waals surface area contributed by atoms with Crippen molar-refractivity contribution in [2.24, 2.45) is 11.3 Å². The zero-order valence-corrected chi connectivity index (χ0v) is 8.49. The molecule has 2 nitrogen and oxygen atoms in total. The third-order valence-corrected chi connectivity index (χ3v) is 3.75. The zero-order chi connectivity index (χ0) is 10.2. The van der Waals surface area contributed by atoms with Gasteiger partial charge in [0, 0.05) is 6.08 Å². The summed E-state index contributed by atoms with van der Waals surface area (Å²) >= 11 is 0. The summed E-state index contributed by atoms with van der Waals surface area (Å²) in [6.07, 6.45) is 10.1. The van der Waals surface area contributed by atoms with Crippen molar-refractivity contribution in [3.63, 3.8) is 0 Å². The van der Waals surface area contributed by atoms with Crippen LogP contribution >= 0.6 is 0 Å². The Hall–Kier alpha value is -1.05. The molecule has 1 unspecified atom stereocenters. The van der Waals surface area contributed by atoms with E-state index in [1.165, 1.54) is 24.5 Å². The number of hydrogen-bond acceptors (Lipinski definition) is 1. The Morgan fingerprint density at radius 3 is 3.00 bits per heavy atom. The minimum atomic E-state index is -0.836. The van der Waals surface area contributed by atoms with Gasteiger partial charge < -0.3 is 5.11 Å². The first kappa shape index (κ1) is 9.50. The molecule has 0 heterocycles. The lowest BCUT2D eigenvalue weighted by Crippen LogP contribution is -2.10. The summed E-state index contributed by atoms with van der Waals surface area (Å²) in [5, 5.41) is 8.49. The molecule has 0 radical (unpaired) electrons. The van der Waals surface area contributed by atoms with Gasteiger partial charge in [-0.25, -0.2) is 4.79 Å². The topological polar surface area (TPSA) is 37.3 Å². The Morgan fingerprint density at radius 1 is 1.71 bits per heavy atom. The van der Waals surface area contributed by atoms with E-state index in [9.17, 15) is 4.79 Å². The van der Waals surface area contributed by atoms with Crippen LogP contribution in [-0.4, -0.2) is 11.1 Å². The molecule has 0 saturated heterocycles. The van der Waals surface area contributed by atoms with Gasteiger partial charge in [-0.2, -0.15) is 0 Å². The molecule has 1 spiro atoms. The van der Waals surface area contributed by atoms with Gasteiger partial charge in [0.2, 0.25) is 0 Å². The van der Waals surface area contributed by atoms with Crippen molar-refractivity contribution in [1.29, 1.82) is 0 Å². The predicted octanol–water partition coefficient (Wildman–Crippen LogP) is 2.76. The molecule has 1 saturated carbocycles. The number of rotatable bonds is 3. The van der Waals surface area contributed by atoms with E-state index >= 15 is 0 Å². The summed E-state index contributed by atoms with van der Waals surface area (Å²) in [6, 6.07) is 0. The standard InChI is InChI=1S/C12H16O2/c1-9-5-6-10(12(9)7-8-12)3-2-4-11(13)14/h2,4-5,10H,3,6-8H2,1H3,(H,13,14). The van der Waals surface area contributed by atoms with Gasteiger partial charge in [-0.15, -0.1) is 0 Å². The van der Waals surface area contributed by atoms with Gasteiger partial charge in [0.15, 0.2) is 0 Å². The fraction of sp³-hybridized carbons (Fsp3) is 0.583. The summed E-state index contributed by atoms with van der Waals surface area (Å²) < 4.78 is 0. The lowest BCUT2D eigenvalue weighted by Gasteiger charge is -2.18. The Kier molecular flexibility index (Phi) is 2.22. The second-order valence-corrected chi connectivity index (χ2v) is 4.45. The van der Waals surface area contributed by atoms with Crippen LogP contribution in [0.1, 0.15) is 32.6 Å². The monoisotopic (exact) mass is 192 g/mol. The molecular formula is C12H16O2. The minimum Gasteiger partial charge on any atom is -0.478 e. The summed E-state index contributed by atoms with van der Waals surface area (Å²) in [4.78, 5) is 10.3. The molecule has 0 aliphatic heterocycles. The van der Waals surface area contributed by atoms with Crippen molar-refractivity contribution in [3.8, 4) is 0 Å². The van der Waals surface area contributed by atoms with Gasteiger partial charge in [-0.1, -0.05) is 17.7 Å². The lowest BCUT2D eigenvalue weighted by molar-refractivity contribution is -0.131. The first-order valence-corrected chi connectivity index (χ1v) is 5.22. The molecule has 2 rings (SSSR count). The summed E-state index contributed by atoms with van der Waals surface area (Å²) in [7, 11) is 0. The first-order chi connectivity index (χ1) is 6.65. The number of allylic oxidation sites excluding steroid dienone is 3. The average Bonchev–Trinajstić information content (AvgIpc) is 2.84. The quantitative estimate of drug-likeness (QED) is 0.551. The highest BCUT2D eigenvalue weighted by Crippen LogP contribution is 2.62. The van der Waals surface area contributed by atoms with Gasteiger partial charge in [-0.3, -0.25) is 0 Å². The Labute approximate surface area is 84.3 Å². The molecule has 76 valence electrons. The minimum absolute atomic E-state index is 0.475. The SMILES string of the molecule is CC1=CCC(CC=CC(=O)O)C12CC2. The maximum atomic E-state index is 10.3. The van der Waals surface area contributed by atoms with Crippen LogP contribution in [0.15, 0.2) is 23.8 Å². The molecule has 2 heteroatoms. The molecule has 0 aromatic rings. The largest absolute Gasteiger partial charge is 0.478 e. The normalized spacial score (nSPS) is 28.4. The van der Waals surface area contributed by atoms with Gasteiger partial charge in [-0.05, 0) is 43.9 Å². The van der Waals surface area contributed by atoms with Crippen molar-refractivity contribution < 1.29 is 9.90 Å². The molecule has 14 heavy (non-hydrogen) atoms. The molecule has 0 bridgehead atoms. The fourth-order valence-corrected chi connectivity index (χ4v) is 2.66. The highest BCUT2D eigenvalue weighted by molar-refractivity contribution is 5.79. The van der Waals surface area contributed by atoms with Crippen molar-refractivity contribution in [2.45, 2.75) is 32.6 Å². The van der Waals surface area contributed by atoms with Crippen LogP contribution in [0.5, 0.6) is 0 Å². The summed E-state index contributed by atoms with van der Waals surface area (Å²) in [5.74, 6) is -0.171. The third-order valence-electron chi connectivity index (χ3n) is 3.75. The number of hydrogen-bond donors (Lipinski definition) is 1. The van der Waals surface area contributed by atoms with Gasteiger partial charge in [0.1, 0.15) is 0 Å². The van der Waals surface area contributed by atoms with E-state index in [2.05, 4.69) is 13.0 Å². The zero-order valence-electron chi connectivity index (χ0n) is 8.49. The molecular weight excluding hydrogens is 176 g/mol. The van der Waals surface area contributed by atoms with E-state index in [0.717, 1.165) is 12.8 Å². The molecule has 0 aromatic carbocycles. The van der Waals surface area contributed by atoms with Gasteiger partial charge >= 0.3 is 5.97 Å². The van der Waals surface area contributed by atoms with Crippen molar-refractivity contribution >= 4 is 5.97 Å². The van der Waals surface area contributed by atoms with E-state index < -0.39 is 5.97 Å². The van der Waals surface area contributed by atoms with E-state index in [-0.39, 0.29) is 0 Å². The fourth-order valence-electron chi connectivity index (χ4n) is 2.66. The van der Waals surface area contributed by atoms with E-state index in [0.29, 0.717) is 11.3 Å². The molecule has 1 fully saturated rings. The van der Waals surface area contributed by atoms with Crippen molar-refractivity contribution in [1.82, 2.24) is 0 Å².